The summed E-state index contributed by atoms with van der Waals surface area (Å²) in [6.45, 7) is 3.39. The van der Waals surface area contributed by atoms with Crippen LogP contribution >= 0.6 is 0 Å². The topological polar surface area (TPSA) is 96.1 Å². The maximum absolute atomic E-state index is 6.34. The third kappa shape index (κ3) is 3.34. The van der Waals surface area contributed by atoms with Gasteiger partial charge in [0.25, 0.3) is 0 Å². The van der Waals surface area contributed by atoms with Crippen molar-refractivity contribution in [2.75, 3.05) is 47.0 Å². The molecule has 0 saturated carbocycles. The summed E-state index contributed by atoms with van der Waals surface area (Å²) in [7, 11) is 0. The maximum Gasteiger partial charge on any atom is 0.159 e. The van der Waals surface area contributed by atoms with E-state index in [0.29, 0.717) is 11.5 Å². The second kappa shape index (κ2) is 7.22. The lowest BCUT2D eigenvalue weighted by Crippen LogP contribution is -2.47. The van der Waals surface area contributed by atoms with Crippen molar-refractivity contribution < 1.29 is 0 Å². The standard InChI is InChI=1S/C18H20N8/c19-16-17(24-14-4-7-20-8-5-14)22-13-23-18(16)26-11-9-25(10-12-26)15-3-1-2-6-21-15/h1-8,13H,9-12,19H2,(H,20,22,23,24). The van der Waals surface area contributed by atoms with E-state index in [2.05, 4.69) is 35.1 Å². The Morgan fingerprint density at radius 2 is 1.62 bits per heavy atom. The van der Waals surface area contributed by atoms with Gasteiger partial charge in [0, 0.05) is 50.5 Å². The molecular weight excluding hydrogens is 328 g/mol. The lowest BCUT2D eigenvalue weighted by Gasteiger charge is -2.36. The summed E-state index contributed by atoms with van der Waals surface area (Å²) in [5, 5.41) is 3.22. The fourth-order valence-corrected chi connectivity index (χ4v) is 3.00. The number of nitrogens with zero attached hydrogens (tertiary/aromatic N) is 6. The van der Waals surface area contributed by atoms with Crippen LogP contribution in [0.25, 0.3) is 0 Å². The summed E-state index contributed by atoms with van der Waals surface area (Å²) >= 11 is 0. The Kier molecular flexibility index (Phi) is 4.46. The molecule has 0 bridgehead atoms. The van der Waals surface area contributed by atoms with Crippen LogP contribution in [0.5, 0.6) is 0 Å². The second-order valence-corrected chi connectivity index (χ2v) is 5.98. The minimum absolute atomic E-state index is 0.551. The number of nitrogens with two attached hydrogens (primary N) is 1. The highest BCUT2D eigenvalue weighted by molar-refractivity contribution is 5.78. The molecule has 0 radical (unpaired) electrons. The molecule has 4 rings (SSSR count). The Balaban J connectivity index is 1.48. The van der Waals surface area contributed by atoms with Crippen LogP contribution in [0, 0.1) is 0 Å². The number of nitrogen functional groups attached to an aromatic ring is 1. The number of hydrogen-bond acceptors (Lipinski definition) is 8. The predicted octanol–water partition coefficient (Wildman–Crippen LogP) is 1.92. The Morgan fingerprint density at radius 3 is 2.35 bits per heavy atom. The molecule has 0 aliphatic carbocycles. The molecule has 8 heteroatoms. The lowest BCUT2D eigenvalue weighted by atomic mass is 10.2. The van der Waals surface area contributed by atoms with Gasteiger partial charge in [-0.3, -0.25) is 4.98 Å². The molecule has 132 valence electrons. The summed E-state index contributed by atoms with van der Waals surface area (Å²) in [5.74, 6) is 2.37. The molecular formula is C18H20N8. The quantitative estimate of drug-likeness (QED) is 0.738. The highest BCUT2D eigenvalue weighted by Crippen LogP contribution is 2.29. The van der Waals surface area contributed by atoms with Crippen LogP contribution in [0.3, 0.4) is 0 Å². The number of aromatic nitrogens is 4. The van der Waals surface area contributed by atoms with Crippen molar-refractivity contribution in [3.63, 3.8) is 0 Å². The van der Waals surface area contributed by atoms with Crippen LogP contribution in [-0.2, 0) is 0 Å². The third-order valence-electron chi connectivity index (χ3n) is 4.36. The van der Waals surface area contributed by atoms with Crippen molar-refractivity contribution in [3.05, 3.63) is 55.2 Å². The average Bonchev–Trinajstić information content (AvgIpc) is 2.71. The van der Waals surface area contributed by atoms with Gasteiger partial charge in [-0.2, -0.15) is 0 Å². The lowest BCUT2D eigenvalue weighted by molar-refractivity contribution is 0.642. The summed E-state index contributed by atoms with van der Waals surface area (Å²) in [6, 6.07) is 9.71. The molecule has 3 aromatic rings. The van der Waals surface area contributed by atoms with Crippen LogP contribution in [0.15, 0.2) is 55.2 Å². The highest BCUT2D eigenvalue weighted by atomic mass is 15.3. The van der Waals surface area contributed by atoms with Crippen LogP contribution in [0.4, 0.5) is 28.8 Å². The van der Waals surface area contributed by atoms with E-state index in [1.807, 2.05) is 36.5 Å². The van der Waals surface area contributed by atoms with E-state index >= 15 is 0 Å². The molecule has 3 N–H and O–H groups in total. The SMILES string of the molecule is Nc1c(Nc2ccncc2)ncnc1N1CCN(c2ccccn2)CC1. The number of nitrogens with one attached hydrogen (secondary N) is 1. The van der Waals surface area contributed by atoms with Crippen molar-refractivity contribution in [2.45, 2.75) is 0 Å². The zero-order chi connectivity index (χ0) is 17.8. The fraction of sp³-hybridized carbons (Fsp3) is 0.222. The first kappa shape index (κ1) is 16.1. The van der Waals surface area contributed by atoms with Crippen LogP contribution < -0.4 is 20.9 Å². The average molecular weight is 348 g/mol. The van der Waals surface area contributed by atoms with Crippen LogP contribution in [0.1, 0.15) is 0 Å². The van der Waals surface area contributed by atoms with Gasteiger partial charge in [-0.15, -0.1) is 0 Å². The second-order valence-electron chi connectivity index (χ2n) is 5.98. The summed E-state index contributed by atoms with van der Waals surface area (Å²) in [6.07, 6.45) is 6.80. The molecule has 26 heavy (non-hydrogen) atoms. The molecule has 4 heterocycles. The number of rotatable bonds is 4. The number of anilines is 5. The van der Waals surface area contributed by atoms with E-state index in [-0.39, 0.29) is 0 Å². The molecule has 1 saturated heterocycles. The normalized spacial score (nSPS) is 14.3. The molecule has 0 amide bonds. The maximum atomic E-state index is 6.34. The van der Waals surface area contributed by atoms with E-state index in [4.69, 9.17) is 5.73 Å². The molecule has 0 unspecified atom stereocenters. The first-order chi connectivity index (χ1) is 12.8. The number of hydrogen-bond donors (Lipinski definition) is 2. The van der Waals surface area contributed by atoms with E-state index < -0.39 is 0 Å². The van der Waals surface area contributed by atoms with E-state index in [1.165, 1.54) is 0 Å². The van der Waals surface area contributed by atoms with Gasteiger partial charge in [-0.1, -0.05) is 6.07 Å². The Morgan fingerprint density at radius 1 is 0.846 bits per heavy atom. The summed E-state index contributed by atoms with van der Waals surface area (Å²) < 4.78 is 0. The molecule has 0 spiro atoms. The highest BCUT2D eigenvalue weighted by Gasteiger charge is 2.22. The van der Waals surface area contributed by atoms with Gasteiger partial charge in [0.1, 0.15) is 17.8 Å². The van der Waals surface area contributed by atoms with E-state index in [9.17, 15) is 0 Å². The number of pyridine rings is 2. The fourth-order valence-electron chi connectivity index (χ4n) is 3.00. The first-order valence-electron chi connectivity index (χ1n) is 8.50. The first-order valence-corrected chi connectivity index (χ1v) is 8.50. The largest absolute Gasteiger partial charge is 0.393 e. The summed E-state index contributed by atoms with van der Waals surface area (Å²) in [4.78, 5) is 21.6. The summed E-state index contributed by atoms with van der Waals surface area (Å²) in [5.41, 5.74) is 7.77. The van der Waals surface area contributed by atoms with Gasteiger partial charge >= 0.3 is 0 Å². The zero-order valence-corrected chi connectivity index (χ0v) is 14.3. The van der Waals surface area contributed by atoms with Crippen molar-refractivity contribution >= 4 is 28.8 Å². The van der Waals surface area contributed by atoms with Crippen LogP contribution in [0.2, 0.25) is 0 Å². The van der Waals surface area contributed by atoms with Crippen molar-refractivity contribution in [2.24, 2.45) is 0 Å². The van der Waals surface area contributed by atoms with E-state index in [0.717, 1.165) is 43.5 Å². The minimum Gasteiger partial charge on any atom is -0.393 e. The third-order valence-corrected chi connectivity index (χ3v) is 4.36. The molecule has 0 aromatic carbocycles. The Bertz CT molecular complexity index is 848. The Labute approximate surface area is 151 Å². The van der Waals surface area contributed by atoms with E-state index in [1.54, 1.807) is 18.7 Å². The van der Waals surface area contributed by atoms with Crippen molar-refractivity contribution in [1.82, 2.24) is 19.9 Å². The van der Waals surface area contributed by atoms with Gasteiger partial charge in [-0.25, -0.2) is 15.0 Å². The number of piperazine rings is 1. The predicted molar refractivity (Wildman–Crippen MR) is 103 cm³/mol. The van der Waals surface area contributed by atoms with Gasteiger partial charge in [0.05, 0.1) is 0 Å². The van der Waals surface area contributed by atoms with Crippen molar-refractivity contribution in [3.8, 4) is 0 Å². The molecule has 1 aliphatic rings. The van der Waals surface area contributed by atoms with Gasteiger partial charge in [0.15, 0.2) is 11.6 Å². The van der Waals surface area contributed by atoms with Gasteiger partial charge in [0.2, 0.25) is 0 Å². The van der Waals surface area contributed by atoms with Crippen molar-refractivity contribution in [1.29, 1.82) is 0 Å². The van der Waals surface area contributed by atoms with Crippen LogP contribution in [-0.4, -0.2) is 46.1 Å². The Hall–Kier alpha value is -3.42. The minimum atomic E-state index is 0.551. The molecule has 3 aromatic heterocycles. The van der Waals surface area contributed by atoms with Gasteiger partial charge in [-0.05, 0) is 24.3 Å². The zero-order valence-electron chi connectivity index (χ0n) is 14.3. The molecule has 8 nitrogen and oxygen atoms in total. The monoisotopic (exact) mass is 348 g/mol. The molecule has 1 aliphatic heterocycles. The smallest absolute Gasteiger partial charge is 0.159 e. The van der Waals surface area contributed by atoms with Gasteiger partial charge < -0.3 is 20.9 Å². The molecule has 1 fully saturated rings. The molecule has 0 atom stereocenters.